The number of anilines is 1. The van der Waals surface area contributed by atoms with E-state index >= 15 is 0 Å². The number of amides is 1. The Bertz CT molecular complexity index is 1190. The van der Waals surface area contributed by atoms with Gasteiger partial charge in [0, 0.05) is 6.07 Å². The van der Waals surface area contributed by atoms with Crippen LogP contribution >= 0.6 is 0 Å². The molecule has 0 heterocycles. The first-order chi connectivity index (χ1) is 13.7. The molecule has 0 unspecified atom stereocenters. The molecule has 0 saturated carbocycles. The van der Waals surface area contributed by atoms with Crippen molar-refractivity contribution in [2.24, 2.45) is 0 Å². The summed E-state index contributed by atoms with van der Waals surface area (Å²) in [7, 11) is -4.32. The Labute approximate surface area is 168 Å². The van der Waals surface area contributed by atoms with Crippen LogP contribution in [0, 0.1) is 24.0 Å². The number of rotatable bonds is 5. The maximum absolute atomic E-state index is 13.4. The smallest absolute Gasteiger partial charge is 0.267 e. The number of para-hydroxylation sites is 1. The van der Waals surface area contributed by atoms with Crippen LogP contribution in [-0.4, -0.2) is 19.2 Å². The summed E-state index contributed by atoms with van der Waals surface area (Å²) < 4.78 is 27.5. The van der Waals surface area contributed by atoms with Crippen molar-refractivity contribution >= 4 is 27.3 Å². The van der Waals surface area contributed by atoms with E-state index < -0.39 is 26.5 Å². The molecule has 1 amide bonds. The molecule has 0 bridgehead atoms. The Morgan fingerprint density at radius 3 is 2.17 bits per heavy atom. The molecule has 148 valence electrons. The fourth-order valence-corrected chi connectivity index (χ4v) is 4.41. The summed E-state index contributed by atoms with van der Waals surface area (Å²) in [5.41, 5.74) is 0.746. The van der Waals surface area contributed by atoms with Gasteiger partial charge in [-0.05, 0) is 49.2 Å². The second kappa shape index (κ2) is 7.84. The van der Waals surface area contributed by atoms with E-state index in [-0.39, 0.29) is 16.1 Å². The maximum atomic E-state index is 13.4. The van der Waals surface area contributed by atoms with Crippen LogP contribution < -0.4 is 4.31 Å². The molecule has 0 aliphatic rings. The Morgan fingerprint density at radius 1 is 0.897 bits per heavy atom. The Kier molecular flexibility index (Phi) is 5.47. The highest BCUT2D eigenvalue weighted by Crippen LogP contribution is 2.32. The number of aryl methyl sites for hydroxylation is 1. The van der Waals surface area contributed by atoms with Gasteiger partial charge in [0.1, 0.15) is 5.56 Å². The van der Waals surface area contributed by atoms with Crippen molar-refractivity contribution < 1.29 is 18.1 Å². The number of hydrogen-bond acceptors (Lipinski definition) is 5. The average molecular weight is 410 g/mol. The summed E-state index contributed by atoms with van der Waals surface area (Å²) in [6.45, 7) is 3.49. The largest absolute Gasteiger partial charge is 0.282 e. The maximum Gasteiger partial charge on any atom is 0.282 e. The molecule has 3 aromatic rings. The quantitative estimate of drug-likeness (QED) is 0.463. The van der Waals surface area contributed by atoms with Crippen LogP contribution in [0.1, 0.15) is 21.5 Å². The number of sulfonamides is 1. The van der Waals surface area contributed by atoms with Crippen LogP contribution in [0.25, 0.3) is 0 Å². The van der Waals surface area contributed by atoms with Crippen molar-refractivity contribution in [1.29, 1.82) is 0 Å². The normalized spacial score (nSPS) is 11.1. The molecule has 0 atom stereocenters. The van der Waals surface area contributed by atoms with Crippen LogP contribution in [0.3, 0.4) is 0 Å². The fraction of sp³-hybridized carbons (Fsp3) is 0.0952. The van der Waals surface area contributed by atoms with E-state index in [9.17, 15) is 23.3 Å². The molecule has 0 aromatic heterocycles. The van der Waals surface area contributed by atoms with E-state index in [1.165, 1.54) is 42.5 Å². The van der Waals surface area contributed by atoms with Gasteiger partial charge in [-0.25, -0.2) is 8.42 Å². The zero-order chi connectivity index (χ0) is 21.2. The van der Waals surface area contributed by atoms with Crippen molar-refractivity contribution in [3.05, 3.63) is 99.6 Å². The molecule has 8 heteroatoms. The Hall–Kier alpha value is -3.52. The average Bonchev–Trinajstić information content (AvgIpc) is 2.71. The fourth-order valence-electron chi connectivity index (χ4n) is 2.92. The van der Waals surface area contributed by atoms with Gasteiger partial charge in [-0.15, -0.1) is 0 Å². The summed E-state index contributed by atoms with van der Waals surface area (Å²) >= 11 is 0. The van der Waals surface area contributed by atoms with E-state index in [1.807, 2.05) is 0 Å². The van der Waals surface area contributed by atoms with Gasteiger partial charge in [0.05, 0.1) is 15.5 Å². The lowest BCUT2D eigenvalue weighted by molar-refractivity contribution is -0.385. The number of nitro benzene ring substituents is 1. The van der Waals surface area contributed by atoms with Crippen LogP contribution in [0.5, 0.6) is 0 Å². The molecule has 0 saturated heterocycles. The third-order valence-corrected chi connectivity index (χ3v) is 6.30. The molecule has 3 aromatic carbocycles. The lowest BCUT2D eigenvalue weighted by Gasteiger charge is -2.25. The monoisotopic (exact) mass is 410 g/mol. The second-order valence-corrected chi connectivity index (χ2v) is 8.17. The summed E-state index contributed by atoms with van der Waals surface area (Å²) in [6.07, 6.45) is 0. The van der Waals surface area contributed by atoms with Gasteiger partial charge >= 0.3 is 0 Å². The molecular weight excluding hydrogens is 392 g/mol. The molecule has 0 fully saturated rings. The third-order valence-electron chi connectivity index (χ3n) is 4.59. The molecule has 0 spiro atoms. The minimum absolute atomic E-state index is 0.0900. The highest BCUT2D eigenvalue weighted by Gasteiger charge is 2.35. The van der Waals surface area contributed by atoms with Gasteiger partial charge in [0.25, 0.3) is 21.6 Å². The Balaban J connectivity index is 2.29. The summed E-state index contributed by atoms with van der Waals surface area (Å²) in [4.78, 5) is 24.0. The predicted molar refractivity (Wildman–Crippen MR) is 109 cm³/mol. The first kappa shape index (κ1) is 20.2. The van der Waals surface area contributed by atoms with Crippen LogP contribution in [0.4, 0.5) is 11.4 Å². The number of nitro groups is 1. The number of benzene rings is 3. The first-order valence-electron chi connectivity index (χ1n) is 8.69. The topological polar surface area (TPSA) is 97.6 Å². The predicted octanol–water partition coefficient (Wildman–Crippen LogP) is 4.25. The van der Waals surface area contributed by atoms with Crippen LogP contribution in [-0.2, 0) is 10.0 Å². The zero-order valence-electron chi connectivity index (χ0n) is 15.8. The molecule has 0 aliphatic heterocycles. The van der Waals surface area contributed by atoms with Gasteiger partial charge in [0.15, 0.2) is 0 Å². The summed E-state index contributed by atoms with van der Waals surface area (Å²) in [5.74, 6) is -0.991. The van der Waals surface area contributed by atoms with Gasteiger partial charge < -0.3 is 0 Å². The molecular formula is C21H18N2O5S. The Morgan fingerprint density at radius 2 is 1.52 bits per heavy atom. The number of carbonyl (C=O) groups is 1. The SMILES string of the molecule is Cc1cccc(N(C(=O)c2ccccc2[N+](=O)[O-])S(=O)(=O)c2ccccc2)c1C. The van der Waals surface area contributed by atoms with Gasteiger partial charge in [-0.1, -0.05) is 42.5 Å². The van der Waals surface area contributed by atoms with E-state index in [2.05, 4.69) is 0 Å². The van der Waals surface area contributed by atoms with Crippen molar-refractivity contribution in [2.45, 2.75) is 18.7 Å². The number of carbonyl (C=O) groups excluding carboxylic acids is 1. The van der Waals surface area contributed by atoms with Gasteiger partial charge in [-0.3, -0.25) is 14.9 Å². The van der Waals surface area contributed by atoms with Crippen molar-refractivity contribution in [3.63, 3.8) is 0 Å². The lowest BCUT2D eigenvalue weighted by atomic mass is 10.1. The highest BCUT2D eigenvalue weighted by molar-refractivity contribution is 7.93. The van der Waals surface area contributed by atoms with Crippen LogP contribution in [0.2, 0.25) is 0 Å². The molecule has 0 N–H and O–H groups in total. The number of hydrogen-bond donors (Lipinski definition) is 0. The molecule has 29 heavy (non-hydrogen) atoms. The van der Waals surface area contributed by atoms with E-state index in [1.54, 1.807) is 44.2 Å². The van der Waals surface area contributed by atoms with Gasteiger partial charge in [0.2, 0.25) is 0 Å². The highest BCUT2D eigenvalue weighted by atomic mass is 32.2. The summed E-state index contributed by atoms with van der Waals surface area (Å²) in [6, 6.07) is 17.7. The zero-order valence-corrected chi connectivity index (χ0v) is 16.6. The third kappa shape index (κ3) is 3.74. The van der Waals surface area contributed by atoms with Crippen molar-refractivity contribution in [3.8, 4) is 0 Å². The second-order valence-electron chi connectivity index (χ2n) is 6.38. The van der Waals surface area contributed by atoms with Crippen LogP contribution in [0.15, 0.2) is 77.7 Å². The minimum atomic E-state index is -4.32. The van der Waals surface area contributed by atoms with Crippen molar-refractivity contribution in [2.75, 3.05) is 4.31 Å². The molecule has 7 nitrogen and oxygen atoms in total. The van der Waals surface area contributed by atoms with Crippen molar-refractivity contribution in [1.82, 2.24) is 0 Å². The molecule has 0 aliphatic carbocycles. The summed E-state index contributed by atoms with van der Waals surface area (Å²) in [5, 5.41) is 11.4. The van der Waals surface area contributed by atoms with E-state index in [0.29, 0.717) is 9.87 Å². The first-order valence-corrected chi connectivity index (χ1v) is 10.1. The van der Waals surface area contributed by atoms with E-state index in [0.717, 1.165) is 5.56 Å². The standard InChI is InChI=1S/C21H18N2O5S/c1-15-9-8-14-19(16(15)2)22(29(27,28)17-10-4-3-5-11-17)21(24)18-12-6-7-13-20(18)23(25)26/h3-14H,1-2H3. The lowest BCUT2D eigenvalue weighted by Crippen LogP contribution is -2.38. The van der Waals surface area contributed by atoms with E-state index in [4.69, 9.17) is 0 Å². The number of nitrogens with zero attached hydrogens (tertiary/aromatic N) is 2. The minimum Gasteiger partial charge on any atom is -0.267 e. The molecule has 0 radical (unpaired) electrons. The molecule has 3 rings (SSSR count). The van der Waals surface area contributed by atoms with Gasteiger partial charge in [-0.2, -0.15) is 4.31 Å².